The molecule has 0 bridgehead atoms. The molecule has 1 amide bonds. The van der Waals surface area contributed by atoms with Gasteiger partial charge in [0, 0.05) is 47.6 Å². The number of amides is 1. The number of pyridine rings is 1. The number of carbonyl (C=O) groups excluding carboxylic acids is 1. The number of benzene rings is 1. The smallest absolute Gasteiger partial charge is 0.255 e. The summed E-state index contributed by atoms with van der Waals surface area (Å²) in [7, 11) is 0. The standard InChI is InChI=1S/C30H36BrN5O2/c1-21-8-13-33-22(2)27(21)29(37)35-18-11-30(3,12-19-35)36-16-9-24(10-17-36)28(23-4-6-25(31)7-5-23)38-26-20-32-14-15-34-26/h4-8,13-15,20,24,28H,9-12,16-19H2,1-3H3. The van der Waals surface area contributed by atoms with Gasteiger partial charge in [-0.1, -0.05) is 28.1 Å². The molecule has 2 aliphatic rings. The Kier molecular flexibility index (Phi) is 8.09. The second kappa shape index (κ2) is 11.5. The van der Waals surface area contributed by atoms with Crippen LogP contribution in [0.1, 0.15) is 65.9 Å². The first kappa shape index (κ1) is 26.8. The number of aromatic nitrogens is 3. The van der Waals surface area contributed by atoms with E-state index in [4.69, 9.17) is 4.74 Å². The van der Waals surface area contributed by atoms with Gasteiger partial charge in [0.1, 0.15) is 6.10 Å². The zero-order valence-electron chi connectivity index (χ0n) is 22.4. The Balaban J connectivity index is 1.22. The highest BCUT2D eigenvalue weighted by molar-refractivity contribution is 9.10. The lowest BCUT2D eigenvalue weighted by Crippen LogP contribution is -2.56. The van der Waals surface area contributed by atoms with Crippen molar-refractivity contribution in [2.75, 3.05) is 26.2 Å². The largest absolute Gasteiger partial charge is 0.468 e. The van der Waals surface area contributed by atoms with Gasteiger partial charge in [-0.25, -0.2) is 4.98 Å². The van der Waals surface area contributed by atoms with Crippen molar-refractivity contribution in [2.24, 2.45) is 5.92 Å². The van der Waals surface area contributed by atoms with Gasteiger partial charge < -0.3 is 9.64 Å². The number of hydrogen-bond donors (Lipinski definition) is 0. The normalized spacial score (nSPS) is 19.2. The van der Waals surface area contributed by atoms with E-state index in [1.54, 1.807) is 24.8 Å². The predicted octanol–water partition coefficient (Wildman–Crippen LogP) is 5.78. The average Bonchev–Trinajstić information content (AvgIpc) is 2.93. The van der Waals surface area contributed by atoms with Crippen molar-refractivity contribution < 1.29 is 9.53 Å². The molecule has 3 aromatic rings. The van der Waals surface area contributed by atoms with Crippen molar-refractivity contribution in [3.63, 3.8) is 0 Å². The van der Waals surface area contributed by atoms with Crippen LogP contribution in [-0.2, 0) is 0 Å². The molecule has 1 atom stereocenters. The van der Waals surface area contributed by atoms with Gasteiger partial charge in [-0.3, -0.25) is 19.7 Å². The van der Waals surface area contributed by atoms with E-state index in [1.165, 1.54) is 0 Å². The maximum Gasteiger partial charge on any atom is 0.255 e. The molecule has 2 aromatic heterocycles. The number of likely N-dealkylation sites (tertiary alicyclic amines) is 2. The summed E-state index contributed by atoms with van der Waals surface area (Å²) in [6, 6.07) is 10.3. The minimum atomic E-state index is -0.0693. The van der Waals surface area contributed by atoms with Gasteiger partial charge in [0.15, 0.2) is 0 Å². The number of halogens is 1. The first-order chi connectivity index (χ1) is 18.3. The quantitative estimate of drug-likeness (QED) is 0.370. The summed E-state index contributed by atoms with van der Waals surface area (Å²) in [5.41, 5.74) is 3.84. The zero-order valence-corrected chi connectivity index (χ0v) is 24.0. The Morgan fingerprint density at radius 3 is 2.34 bits per heavy atom. The minimum Gasteiger partial charge on any atom is -0.468 e. The Morgan fingerprint density at radius 2 is 1.71 bits per heavy atom. The van der Waals surface area contributed by atoms with Crippen LogP contribution in [0.5, 0.6) is 5.88 Å². The highest BCUT2D eigenvalue weighted by Crippen LogP contribution is 2.38. The van der Waals surface area contributed by atoms with Gasteiger partial charge in [0.25, 0.3) is 5.91 Å². The van der Waals surface area contributed by atoms with Crippen molar-refractivity contribution >= 4 is 21.8 Å². The fourth-order valence-corrected chi connectivity index (χ4v) is 6.26. The predicted molar refractivity (Wildman–Crippen MR) is 151 cm³/mol. The Labute approximate surface area is 233 Å². The van der Waals surface area contributed by atoms with E-state index in [1.807, 2.05) is 24.8 Å². The number of piperidine rings is 2. The molecule has 2 saturated heterocycles. The minimum absolute atomic E-state index is 0.0693. The molecular weight excluding hydrogens is 542 g/mol. The second-order valence-electron chi connectivity index (χ2n) is 10.8. The van der Waals surface area contributed by atoms with Gasteiger partial charge >= 0.3 is 0 Å². The summed E-state index contributed by atoms with van der Waals surface area (Å²) in [6.07, 6.45) is 10.8. The summed E-state index contributed by atoms with van der Waals surface area (Å²) in [5, 5.41) is 0. The highest BCUT2D eigenvalue weighted by Gasteiger charge is 2.40. The second-order valence-corrected chi connectivity index (χ2v) is 11.8. The third-order valence-electron chi connectivity index (χ3n) is 8.41. The maximum atomic E-state index is 13.3. The van der Waals surface area contributed by atoms with Crippen LogP contribution in [0.3, 0.4) is 0 Å². The summed E-state index contributed by atoms with van der Waals surface area (Å²) in [5.74, 6) is 1.06. The van der Waals surface area contributed by atoms with Crippen LogP contribution in [-0.4, -0.2) is 62.4 Å². The molecule has 7 nitrogen and oxygen atoms in total. The first-order valence-corrected chi connectivity index (χ1v) is 14.3. The Bertz CT molecular complexity index is 1220. The van der Waals surface area contributed by atoms with Crippen LogP contribution >= 0.6 is 15.9 Å². The number of carbonyl (C=O) groups is 1. The topological polar surface area (TPSA) is 71.5 Å². The lowest BCUT2D eigenvalue weighted by Gasteiger charge is -2.49. The molecular formula is C30H36BrN5O2. The lowest BCUT2D eigenvalue weighted by atomic mass is 9.82. The molecule has 2 aliphatic heterocycles. The van der Waals surface area contributed by atoms with Crippen LogP contribution in [0.25, 0.3) is 0 Å². The van der Waals surface area contributed by atoms with Gasteiger partial charge in [0.2, 0.25) is 5.88 Å². The molecule has 1 unspecified atom stereocenters. The average molecular weight is 579 g/mol. The van der Waals surface area contributed by atoms with Crippen LogP contribution < -0.4 is 4.74 Å². The van der Waals surface area contributed by atoms with Gasteiger partial charge in [-0.15, -0.1) is 0 Å². The van der Waals surface area contributed by atoms with Gasteiger partial charge in [0.05, 0.1) is 17.5 Å². The fourth-order valence-electron chi connectivity index (χ4n) is 5.99. The number of hydrogen-bond acceptors (Lipinski definition) is 6. The van der Waals surface area contributed by atoms with Crippen LogP contribution in [0.2, 0.25) is 0 Å². The molecule has 2 fully saturated rings. The van der Waals surface area contributed by atoms with Gasteiger partial charge in [-0.2, -0.15) is 0 Å². The molecule has 0 N–H and O–H groups in total. The molecule has 4 heterocycles. The van der Waals surface area contributed by atoms with Crippen molar-refractivity contribution in [1.29, 1.82) is 0 Å². The zero-order chi connectivity index (χ0) is 26.7. The van der Waals surface area contributed by atoms with Crippen molar-refractivity contribution in [3.05, 3.63) is 82.0 Å². The molecule has 8 heteroatoms. The van der Waals surface area contributed by atoms with Crippen LogP contribution in [0.15, 0.2) is 59.6 Å². The highest BCUT2D eigenvalue weighted by atomic mass is 79.9. The van der Waals surface area contributed by atoms with Crippen LogP contribution in [0.4, 0.5) is 0 Å². The third-order valence-corrected chi connectivity index (χ3v) is 8.94. The van der Waals surface area contributed by atoms with Crippen molar-refractivity contribution in [1.82, 2.24) is 24.8 Å². The molecule has 0 aliphatic carbocycles. The van der Waals surface area contributed by atoms with E-state index in [2.05, 4.69) is 67.0 Å². The number of ether oxygens (including phenoxy) is 1. The molecule has 0 radical (unpaired) electrons. The van der Waals surface area contributed by atoms with Gasteiger partial charge in [-0.05, 0) is 88.9 Å². The maximum absolute atomic E-state index is 13.3. The summed E-state index contributed by atoms with van der Waals surface area (Å²) in [6.45, 7) is 9.89. The van der Waals surface area contributed by atoms with E-state index in [9.17, 15) is 4.79 Å². The van der Waals surface area contributed by atoms with Crippen LogP contribution in [0, 0.1) is 19.8 Å². The number of rotatable bonds is 6. The Morgan fingerprint density at radius 1 is 1.00 bits per heavy atom. The lowest BCUT2D eigenvalue weighted by molar-refractivity contribution is -0.00620. The number of aryl methyl sites for hydroxylation is 2. The fraction of sp³-hybridized carbons (Fsp3) is 0.467. The molecule has 0 saturated carbocycles. The van der Waals surface area contributed by atoms with Crippen molar-refractivity contribution in [3.8, 4) is 5.88 Å². The molecule has 38 heavy (non-hydrogen) atoms. The SMILES string of the molecule is Cc1ccnc(C)c1C(=O)N1CCC(C)(N2CCC(C(Oc3cnccn3)c3ccc(Br)cc3)CC2)CC1. The third kappa shape index (κ3) is 5.76. The molecule has 200 valence electrons. The Hall–Kier alpha value is -2.84. The summed E-state index contributed by atoms with van der Waals surface area (Å²) < 4.78 is 7.49. The first-order valence-electron chi connectivity index (χ1n) is 13.5. The van der Waals surface area contributed by atoms with E-state index < -0.39 is 0 Å². The monoisotopic (exact) mass is 577 g/mol. The number of nitrogens with zero attached hydrogens (tertiary/aromatic N) is 5. The van der Waals surface area contributed by atoms with E-state index in [0.717, 1.165) is 78.7 Å². The van der Waals surface area contributed by atoms with E-state index >= 15 is 0 Å². The molecule has 0 spiro atoms. The summed E-state index contributed by atoms with van der Waals surface area (Å²) in [4.78, 5) is 30.9. The van der Waals surface area contributed by atoms with E-state index in [0.29, 0.717) is 11.8 Å². The summed E-state index contributed by atoms with van der Waals surface area (Å²) >= 11 is 3.55. The molecule has 1 aromatic carbocycles. The van der Waals surface area contributed by atoms with E-state index in [-0.39, 0.29) is 17.6 Å². The molecule has 5 rings (SSSR count). The van der Waals surface area contributed by atoms with Crippen molar-refractivity contribution in [2.45, 2.75) is 58.1 Å².